The smallest absolute Gasteiger partial charge is 0.126 e. The van der Waals surface area contributed by atoms with Gasteiger partial charge in [0.2, 0.25) is 0 Å². The molecular formula is C12H10NO. The van der Waals surface area contributed by atoms with E-state index in [1.165, 1.54) is 0 Å². The van der Waals surface area contributed by atoms with Crippen molar-refractivity contribution < 1.29 is 4.74 Å². The van der Waals surface area contributed by atoms with E-state index >= 15 is 0 Å². The maximum atomic E-state index is 5.26. The molecule has 2 nitrogen and oxygen atoms in total. The minimum Gasteiger partial charge on any atom is -0.496 e. The number of hydrogen-bond acceptors (Lipinski definition) is 2. The molecule has 69 valence electrons. The van der Waals surface area contributed by atoms with Crippen molar-refractivity contribution in [2.45, 2.75) is 0 Å². The summed E-state index contributed by atoms with van der Waals surface area (Å²) in [4.78, 5) is 3.98. The number of hydrogen-bond donors (Lipinski definition) is 0. The van der Waals surface area contributed by atoms with Crippen LogP contribution in [0.25, 0.3) is 11.1 Å². The first kappa shape index (κ1) is 8.75. The Morgan fingerprint density at radius 3 is 2.71 bits per heavy atom. The Bertz CT molecular complexity index is 412. The molecule has 0 bridgehead atoms. The van der Waals surface area contributed by atoms with Crippen molar-refractivity contribution in [1.82, 2.24) is 4.98 Å². The molecule has 1 aromatic heterocycles. The van der Waals surface area contributed by atoms with Gasteiger partial charge in [-0.1, -0.05) is 6.07 Å². The van der Waals surface area contributed by atoms with E-state index in [1.54, 1.807) is 19.5 Å². The molecule has 1 aromatic carbocycles. The molecule has 14 heavy (non-hydrogen) atoms. The van der Waals surface area contributed by atoms with Crippen molar-refractivity contribution in [3.63, 3.8) is 0 Å². The van der Waals surface area contributed by atoms with Crippen LogP contribution in [-0.4, -0.2) is 12.1 Å². The van der Waals surface area contributed by atoms with Gasteiger partial charge in [0.05, 0.1) is 7.11 Å². The fourth-order valence-corrected chi connectivity index (χ4v) is 1.35. The number of rotatable bonds is 2. The Morgan fingerprint density at radius 2 is 2.00 bits per heavy atom. The van der Waals surface area contributed by atoms with Gasteiger partial charge in [0.1, 0.15) is 5.75 Å². The third-order valence-corrected chi connectivity index (χ3v) is 2.04. The van der Waals surface area contributed by atoms with Crippen molar-refractivity contribution in [3.8, 4) is 16.9 Å². The zero-order valence-electron chi connectivity index (χ0n) is 7.90. The zero-order valence-corrected chi connectivity index (χ0v) is 7.90. The standard InChI is InChI=1S/C12H10NO/c1-14-12-5-3-2-4-11(12)10-6-8-13-9-7-10/h3-9H,1H3. The van der Waals surface area contributed by atoms with Gasteiger partial charge >= 0.3 is 0 Å². The van der Waals surface area contributed by atoms with Crippen LogP contribution in [0.1, 0.15) is 0 Å². The van der Waals surface area contributed by atoms with E-state index in [1.807, 2.05) is 30.3 Å². The number of pyridine rings is 1. The van der Waals surface area contributed by atoms with Gasteiger partial charge in [-0.2, -0.15) is 0 Å². The quantitative estimate of drug-likeness (QED) is 0.715. The first-order chi connectivity index (χ1) is 6.92. The first-order valence-electron chi connectivity index (χ1n) is 4.36. The summed E-state index contributed by atoms with van der Waals surface area (Å²) >= 11 is 0. The number of nitrogens with zero attached hydrogens (tertiary/aromatic N) is 1. The molecule has 2 heteroatoms. The molecule has 0 unspecified atom stereocenters. The highest BCUT2D eigenvalue weighted by Crippen LogP contribution is 2.28. The normalized spacial score (nSPS) is 9.79. The molecule has 0 aliphatic rings. The molecule has 0 atom stereocenters. The van der Waals surface area contributed by atoms with E-state index in [0.717, 1.165) is 16.9 Å². The predicted octanol–water partition coefficient (Wildman–Crippen LogP) is 2.56. The van der Waals surface area contributed by atoms with Gasteiger partial charge in [-0.05, 0) is 35.9 Å². The summed E-state index contributed by atoms with van der Waals surface area (Å²) in [6.07, 6.45) is 3.53. The molecule has 2 aromatic rings. The number of aromatic nitrogens is 1. The van der Waals surface area contributed by atoms with E-state index in [0.29, 0.717) is 0 Å². The van der Waals surface area contributed by atoms with Crippen LogP contribution in [0.15, 0.2) is 42.7 Å². The topological polar surface area (TPSA) is 22.1 Å². The third-order valence-electron chi connectivity index (χ3n) is 2.04. The zero-order chi connectivity index (χ0) is 9.80. The van der Waals surface area contributed by atoms with Crippen molar-refractivity contribution in [2.75, 3.05) is 7.11 Å². The number of ether oxygens (including phenoxy) is 1. The molecule has 1 radical (unpaired) electrons. The van der Waals surface area contributed by atoms with Crippen LogP contribution < -0.4 is 4.74 Å². The van der Waals surface area contributed by atoms with Crippen molar-refractivity contribution in [1.29, 1.82) is 0 Å². The summed E-state index contributed by atoms with van der Waals surface area (Å²) in [6, 6.07) is 12.6. The average Bonchev–Trinajstić information content (AvgIpc) is 2.30. The summed E-state index contributed by atoms with van der Waals surface area (Å²) in [5.74, 6) is 0.856. The van der Waals surface area contributed by atoms with E-state index < -0.39 is 0 Å². The fraction of sp³-hybridized carbons (Fsp3) is 0.0833. The lowest BCUT2D eigenvalue weighted by Gasteiger charge is -2.06. The summed E-state index contributed by atoms with van der Waals surface area (Å²) < 4.78 is 5.26. The molecule has 0 aliphatic heterocycles. The average molecular weight is 184 g/mol. The molecule has 0 fully saturated rings. The van der Waals surface area contributed by atoms with Gasteiger partial charge in [0.15, 0.2) is 0 Å². The van der Waals surface area contributed by atoms with E-state index in [4.69, 9.17) is 4.74 Å². The first-order valence-corrected chi connectivity index (χ1v) is 4.36. The number of methoxy groups -OCH3 is 1. The van der Waals surface area contributed by atoms with Gasteiger partial charge in [0, 0.05) is 18.0 Å². The molecule has 0 amide bonds. The monoisotopic (exact) mass is 184 g/mol. The highest BCUT2D eigenvalue weighted by atomic mass is 16.5. The van der Waals surface area contributed by atoms with Gasteiger partial charge < -0.3 is 4.74 Å². The largest absolute Gasteiger partial charge is 0.496 e. The second-order valence-electron chi connectivity index (χ2n) is 2.86. The van der Waals surface area contributed by atoms with Gasteiger partial charge in [-0.15, -0.1) is 0 Å². The lowest BCUT2D eigenvalue weighted by molar-refractivity contribution is 0.416. The van der Waals surface area contributed by atoms with Crippen molar-refractivity contribution in [3.05, 3.63) is 48.8 Å². The van der Waals surface area contributed by atoms with Crippen LogP contribution in [0.5, 0.6) is 5.75 Å². The van der Waals surface area contributed by atoms with Crippen LogP contribution in [0, 0.1) is 6.07 Å². The van der Waals surface area contributed by atoms with Crippen LogP contribution in [0.2, 0.25) is 0 Å². The van der Waals surface area contributed by atoms with E-state index in [9.17, 15) is 0 Å². The van der Waals surface area contributed by atoms with Gasteiger partial charge in [-0.3, -0.25) is 4.98 Å². The minimum atomic E-state index is 0.856. The molecule has 0 saturated carbocycles. The summed E-state index contributed by atoms with van der Waals surface area (Å²) in [5.41, 5.74) is 2.13. The van der Waals surface area contributed by atoms with Crippen molar-refractivity contribution >= 4 is 0 Å². The summed E-state index contributed by atoms with van der Waals surface area (Å²) in [6.45, 7) is 0. The van der Waals surface area contributed by atoms with Gasteiger partial charge in [0.25, 0.3) is 0 Å². The summed E-state index contributed by atoms with van der Waals surface area (Å²) in [7, 11) is 1.67. The summed E-state index contributed by atoms with van der Waals surface area (Å²) in [5, 5.41) is 0. The Morgan fingerprint density at radius 1 is 1.21 bits per heavy atom. The molecule has 2 rings (SSSR count). The second-order valence-corrected chi connectivity index (χ2v) is 2.86. The molecule has 0 aliphatic carbocycles. The minimum absolute atomic E-state index is 0.856. The maximum Gasteiger partial charge on any atom is 0.126 e. The third kappa shape index (κ3) is 1.59. The van der Waals surface area contributed by atoms with Crippen LogP contribution in [-0.2, 0) is 0 Å². The molecular weight excluding hydrogens is 174 g/mol. The molecule has 1 heterocycles. The van der Waals surface area contributed by atoms with E-state index in [-0.39, 0.29) is 0 Å². The lowest BCUT2D eigenvalue weighted by atomic mass is 10.1. The fourth-order valence-electron chi connectivity index (χ4n) is 1.35. The van der Waals surface area contributed by atoms with E-state index in [2.05, 4.69) is 11.1 Å². The highest BCUT2D eigenvalue weighted by molar-refractivity contribution is 5.69. The Balaban J connectivity index is 2.51. The predicted molar refractivity (Wildman–Crippen MR) is 55.1 cm³/mol. The van der Waals surface area contributed by atoms with Crippen LogP contribution in [0.3, 0.4) is 0 Å². The molecule has 0 N–H and O–H groups in total. The molecule has 0 spiro atoms. The second kappa shape index (κ2) is 3.92. The van der Waals surface area contributed by atoms with Crippen LogP contribution in [0.4, 0.5) is 0 Å². The number of benzene rings is 1. The van der Waals surface area contributed by atoms with Crippen LogP contribution >= 0.6 is 0 Å². The highest BCUT2D eigenvalue weighted by Gasteiger charge is 2.02. The Kier molecular flexibility index (Phi) is 2.45. The van der Waals surface area contributed by atoms with Gasteiger partial charge in [-0.25, -0.2) is 0 Å². The SMILES string of the molecule is COc1cc[c]cc1-c1ccncc1. The Hall–Kier alpha value is -1.83. The maximum absolute atomic E-state index is 5.26. The molecule has 0 saturated heterocycles. The lowest BCUT2D eigenvalue weighted by Crippen LogP contribution is -1.87. The Labute approximate surface area is 83.2 Å². The van der Waals surface area contributed by atoms with Crippen molar-refractivity contribution in [2.24, 2.45) is 0 Å².